The van der Waals surface area contributed by atoms with Crippen LogP contribution >= 0.6 is 27.5 Å². The molecule has 0 bridgehead atoms. The van der Waals surface area contributed by atoms with Crippen molar-refractivity contribution < 1.29 is 19.1 Å². The number of furan rings is 1. The quantitative estimate of drug-likeness (QED) is 0.171. The molecule has 3 heterocycles. The van der Waals surface area contributed by atoms with Crippen molar-refractivity contribution in [3.63, 3.8) is 0 Å². The van der Waals surface area contributed by atoms with Gasteiger partial charge in [0.05, 0.1) is 30.7 Å². The van der Waals surface area contributed by atoms with Crippen molar-refractivity contribution in [2.75, 3.05) is 41.9 Å². The largest absolute Gasteiger partial charge is 0.478 e. The van der Waals surface area contributed by atoms with Crippen LogP contribution in [0.3, 0.4) is 0 Å². The van der Waals surface area contributed by atoms with Gasteiger partial charge in [-0.2, -0.15) is 20.1 Å². The Hall–Kier alpha value is -4.00. The number of nitrogens with one attached hydrogen (secondary N) is 2. The van der Waals surface area contributed by atoms with Gasteiger partial charge in [-0.05, 0) is 58.7 Å². The fourth-order valence-corrected chi connectivity index (χ4v) is 4.56. The summed E-state index contributed by atoms with van der Waals surface area (Å²) in [6, 6.07) is 13.7. The second-order valence-corrected chi connectivity index (χ2v) is 9.77. The van der Waals surface area contributed by atoms with E-state index < -0.39 is 5.97 Å². The van der Waals surface area contributed by atoms with Crippen molar-refractivity contribution in [1.29, 1.82) is 0 Å². The van der Waals surface area contributed by atoms with Crippen molar-refractivity contribution in [2.45, 2.75) is 6.92 Å². The molecule has 3 N–H and O–H groups in total. The van der Waals surface area contributed by atoms with E-state index in [2.05, 4.69) is 46.7 Å². The lowest BCUT2D eigenvalue weighted by Gasteiger charge is -2.27. The predicted octanol–water partition coefficient (Wildman–Crippen LogP) is 5.58. The topological polar surface area (TPSA) is 138 Å². The van der Waals surface area contributed by atoms with Gasteiger partial charge in [0.25, 0.3) is 0 Å². The number of aryl methyl sites for hydroxylation is 1. The number of halogens is 2. The number of carboxylic acids is 1. The lowest BCUT2D eigenvalue weighted by molar-refractivity contribution is 0.0697. The molecular formula is C26H23BrClN7O4. The molecular weight excluding hydrogens is 590 g/mol. The van der Waals surface area contributed by atoms with E-state index in [0.29, 0.717) is 66.0 Å². The van der Waals surface area contributed by atoms with Crippen LogP contribution in [0.1, 0.15) is 21.7 Å². The Kier molecular flexibility index (Phi) is 8.05. The Morgan fingerprint density at radius 2 is 1.90 bits per heavy atom. The first-order valence-electron chi connectivity index (χ1n) is 11.9. The molecule has 1 aliphatic rings. The monoisotopic (exact) mass is 611 g/mol. The lowest BCUT2D eigenvalue weighted by atomic mass is 10.1. The highest BCUT2D eigenvalue weighted by Gasteiger charge is 2.18. The number of ether oxygens (including phenoxy) is 1. The summed E-state index contributed by atoms with van der Waals surface area (Å²) in [5.41, 5.74) is 5.09. The van der Waals surface area contributed by atoms with Crippen LogP contribution in [0.15, 0.2) is 62.5 Å². The number of carboxylic acid groups (broad SMARTS) is 1. The van der Waals surface area contributed by atoms with Crippen molar-refractivity contribution in [3.8, 4) is 11.3 Å². The summed E-state index contributed by atoms with van der Waals surface area (Å²) in [6.45, 7) is 4.34. The Morgan fingerprint density at radius 1 is 1.13 bits per heavy atom. The normalized spacial score (nSPS) is 13.6. The first kappa shape index (κ1) is 26.6. The number of morpholine rings is 1. The summed E-state index contributed by atoms with van der Waals surface area (Å²) in [5, 5.41) is 17.5. The van der Waals surface area contributed by atoms with Crippen molar-refractivity contribution in [3.05, 3.63) is 74.9 Å². The maximum atomic E-state index is 11.5. The molecule has 1 fully saturated rings. The van der Waals surface area contributed by atoms with Crippen molar-refractivity contribution in [1.82, 2.24) is 15.0 Å². The molecule has 4 aromatic rings. The molecule has 0 radical (unpaired) electrons. The molecule has 0 amide bonds. The number of benzene rings is 2. The summed E-state index contributed by atoms with van der Waals surface area (Å²) in [6.07, 6.45) is 1.45. The number of carbonyl (C=O) groups is 1. The minimum atomic E-state index is -1.03. The number of nitrogens with zero attached hydrogens (tertiary/aromatic N) is 5. The highest BCUT2D eigenvalue weighted by Crippen LogP contribution is 2.31. The van der Waals surface area contributed by atoms with Crippen LogP contribution in [0, 0.1) is 6.92 Å². The van der Waals surface area contributed by atoms with Gasteiger partial charge in [-0.3, -0.25) is 0 Å². The van der Waals surface area contributed by atoms with Crippen LogP contribution in [-0.4, -0.2) is 58.5 Å². The summed E-state index contributed by atoms with van der Waals surface area (Å²) >= 11 is 9.87. The van der Waals surface area contributed by atoms with E-state index in [1.807, 2.05) is 17.9 Å². The molecule has 1 saturated heterocycles. The number of hydrogen-bond acceptors (Lipinski definition) is 10. The Bertz CT molecular complexity index is 1540. The second-order valence-electron chi connectivity index (χ2n) is 8.51. The SMILES string of the molecule is Cc1cc(Br)c(Nc2nc(N/N=C\c3ccc(-c4ccccc4C(=O)O)o3)nc(N3CCOCC3)n2)cc1Cl. The molecule has 2 aromatic heterocycles. The fourth-order valence-electron chi connectivity index (χ4n) is 3.84. The van der Waals surface area contributed by atoms with E-state index in [9.17, 15) is 9.90 Å². The van der Waals surface area contributed by atoms with Crippen LogP contribution in [0.5, 0.6) is 0 Å². The van der Waals surface area contributed by atoms with Crippen LogP contribution in [-0.2, 0) is 4.74 Å². The minimum absolute atomic E-state index is 0.149. The smallest absolute Gasteiger partial charge is 0.336 e. The first-order chi connectivity index (χ1) is 18.9. The number of hydrazone groups is 1. The zero-order valence-corrected chi connectivity index (χ0v) is 23.0. The third kappa shape index (κ3) is 6.36. The fraction of sp³-hybridized carbons (Fsp3) is 0.192. The Morgan fingerprint density at radius 3 is 2.69 bits per heavy atom. The van der Waals surface area contributed by atoms with Crippen LogP contribution in [0.4, 0.5) is 23.5 Å². The number of hydrogen-bond donors (Lipinski definition) is 3. The molecule has 13 heteroatoms. The van der Waals surface area contributed by atoms with E-state index in [1.165, 1.54) is 12.3 Å². The molecule has 200 valence electrons. The molecule has 39 heavy (non-hydrogen) atoms. The number of aromatic nitrogens is 3. The van der Waals surface area contributed by atoms with Crippen molar-refractivity contribution >= 4 is 63.2 Å². The maximum absolute atomic E-state index is 11.5. The number of aromatic carboxylic acids is 1. The van der Waals surface area contributed by atoms with Gasteiger partial charge in [-0.15, -0.1) is 0 Å². The van der Waals surface area contributed by atoms with Gasteiger partial charge in [-0.25, -0.2) is 10.2 Å². The summed E-state index contributed by atoms with van der Waals surface area (Å²) in [5.74, 6) is 0.773. The third-order valence-corrected chi connectivity index (χ3v) is 6.88. The van der Waals surface area contributed by atoms with E-state index in [-0.39, 0.29) is 11.5 Å². The molecule has 0 spiro atoms. The number of anilines is 4. The molecule has 0 atom stereocenters. The average Bonchev–Trinajstić information content (AvgIpc) is 3.41. The van der Waals surface area contributed by atoms with Crippen LogP contribution in [0.2, 0.25) is 5.02 Å². The Labute approximate surface area is 237 Å². The third-order valence-electron chi connectivity index (χ3n) is 5.82. The molecule has 5 rings (SSSR count). The van der Waals surface area contributed by atoms with Gasteiger partial charge in [-0.1, -0.05) is 29.8 Å². The van der Waals surface area contributed by atoms with E-state index in [4.69, 9.17) is 20.8 Å². The molecule has 1 aliphatic heterocycles. The zero-order valence-electron chi connectivity index (χ0n) is 20.7. The lowest BCUT2D eigenvalue weighted by Crippen LogP contribution is -2.37. The van der Waals surface area contributed by atoms with Gasteiger partial charge >= 0.3 is 5.97 Å². The number of rotatable bonds is 8. The summed E-state index contributed by atoms with van der Waals surface area (Å²) in [7, 11) is 0. The molecule has 2 aromatic carbocycles. The van der Waals surface area contributed by atoms with Crippen LogP contribution in [0.25, 0.3) is 11.3 Å². The molecule has 0 unspecified atom stereocenters. The van der Waals surface area contributed by atoms with Gasteiger partial charge in [0.15, 0.2) is 0 Å². The molecule has 11 nitrogen and oxygen atoms in total. The van der Waals surface area contributed by atoms with Gasteiger partial charge in [0.2, 0.25) is 17.8 Å². The zero-order chi connectivity index (χ0) is 27.4. The van der Waals surface area contributed by atoms with Crippen molar-refractivity contribution in [2.24, 2.45) is 5.10 Å². The summed E-state index contributed by atoms with van der Waals surface area (Å²) in [4.78, 5) is 27.1. The van der Waals surface area contributed by atoms with Gasteiger partial charge in [0.1, 0.15) is 11.5 Å². The standard InChI is InChI=1S/C26H23BrClN7O4/c1-15-12-19(27)21(13-20(15)28)30-24-31-25(33-26(32-24)35-8-10-38-11-9-35)34-29-14-16-6-7-22(39-16)17-4-2-3-5-18(17)23(36)37/h2-7,12-14H,8-11H2,1H3,(H,36,37)(H2,30,31,32,33,34)/b29-14-. The van der Waals surface area contributed by atoms with Gasteiger partial charge in [0, 0.05) is 28.1 Å². The van der Waals surface area contributed by atoms with Gasteiger partial charge < -0.3 is 24.5 Å². The second kappa shape index (κ2) is 11.8. The van der Waals surface area contributed by atoms with Crippen LogP contribution < -0.4 is 15.6 Å². The average molecular weight is 613 g/mol. The maximum Gasteiger partial charge on any atom is 0.336 e. The highest BCUT2D eigenvalue weighted by atomic mass is 79.9. The summed E-state index contributed by atoms with van der Waals surface area (Å²) < 4.78 is 12.1. The Balaban J connectivity index is 1.38. The highest BCUT2D eigenvalue weighted by molar-refractivity contribution is 9.10. The van der Waals surface area contributed by atoms with E-state index >= 15 is 0 Å². The predicted molar refractivity (Wildman–Crippen MR) is 152 cm³/mol. The molecule has 0 aliphatic carbocycles. The first-order valence-corrected chi connectivity index (χ1v) is 13.1. The minimum Gasteiger partial charge on any atom is -0.478 e. The molecule has 0 saturated carbocycles. The van der Waals surface area contributed by atoms with E-state index in [0.717, 1.165) is 10.0 Å². The van der Waals surface area contributed by atoms with E-state index in [1.54, 1.807) is 36.4 Å².